The van der Waals surface area contributed by atoms with E-state index in [4.69, 9.17) is 4.74 Å². The van der Waals surface area contributed by atoms with Crippen LogP contribution in [0.15, 0.2) is 58.6 Å². The zero-order valence-electron chi connectivity index (χ0n) is 16.4. The maximum Gasteiger partial charge on any atom is 0.243 e. The molecule has 10 heteroatoms. The monoisotopic (exact) mass is 446 g/mol. The summed E-state index contributed by atoms with van der Waals surface area (Å²) in [5, 5.41) is 3.56. The second-order valence-electron chi connectivity index (χ2n) is 6.82. The van der Waals surface area contributed by atoms with Crippen molar-refractivity contribution in [2.45, 2.75) is 10.1 Å². The molecule has 1 saturated heterocycles. The average molecular weight is 447 g/mol. The van der Waals surface area contributed by atoms with Gasteiger partial charge in [0, 0.05) is 25.8 Å². The van der Waals surface area contributed by atoms with E-state index >= 15 is 0 Å². The van der Waals surface area contributed by atoms with Gasteiger partial charge in [-0.2, -0.15) is 4.31 Å². The molecule has 0 atom stereocenters. The van der Waals surface area contributed by atoms with Crippen LogP contribution in [-0.2, 0) is 26.6 Å². The Bertz CT molecular complexity index is 1150. The number of carbonyl (C=O) groups excluding carboxylic acids is 1. The maximum absolute atomic E-state index is 12.7. The Morgan fingerprint density at radius 2 is 1.83 bits per heavy atom. The van der Waals surface area contributed by atoms with Gasteiger partial charge in [-0.15, -0.1) is 0 Å². The van der Waals surface area contributed by atoms with Crippen LogP contribution in [0.25, 0.3) is 11.0 Å². The van der Waals surface area contributed by atoms with E-state index in [9.17, 15) is 13.2 Å². The summed E-state index contributed by atoms with van der Waals surface area (Å²) < 4.78 is 33.9. The molecule has 0 bridgehead atoms. The standard InChI is InChI=1S/C20H22N4O4S2/c1-23-18-5-3-2-4-17(18)22-20(23)29-14-19(25)21-15-6-8-16(9-7-15)30(26,27)24-10-12-28-13-11-24/h2-9H,10-14H2,1H3,(H,21,25). The molecule has 1 aliphatic rings. The van der Waals surface area contributed by atoms with Crippen molar-refractivity contribution in [1.29, 1.82) is 0 Å². The first-order valence-electron chi connectivity index (χ1n) is 9.47. The van der Waals surface area contributed by atoms with E-state index in [1.807, 2.05) is 35.9 Å². The highest BCUT2D eigenvalue weighted by Gasteiger charge is 2.26. The molecule has 8 nitrogen and oxygen atoms in total. The number of para-hydroxylation sites is 2. The lowest BCUT2D eigenvalue weighted by Crippen LogP contribution is -2.40. The van der Waals surface area contributed by atoms with Crippen LogP contribution in [0.2, 0.25) is 0 Å². The SMILES string of the molecule is Cn1c(SCC(=O)Nc2ccc(S(=O)(=O)N3CCOCC3)cc2)nc2ccccc21. The largest absolute Gasteiger partial charge is 0.379 e. The van der Waals surface area contributed by atoms with E-state index in [1.165, 1.54) is 28.2 Å². The molecule has 1 amide bonds. The smallest absolute Gasteiger partial charge is 0.243 e. The number of anilines is 1. The number of aryl methyl sites for hydroxylation is 1. The highest BCUT2D eigenvalue weighted by Crippen LogP contribution is 2.23. The van der Waals surface area contributed by atoms with Gasteiger partial charge in [0.2, 0.25) is 15.9 Å². The minimum atomic E-state index is -3.55. The zero-order valence-corrected chi connectivity index (χ0v) is 18.1. The molecule has 1 aliphatic heterocycles. The van der Waals surface area contributed by atoms with Crippen LogP contribution < -0.4 is 5.32 Å². The highest BCUT2D eigenvalue weighted by molar-refractivity contribution is 7.99. The number of nitrogens with one attached hydrogen (secondary N) is 1. The molecular weight excluding hydrogens is 424 g/mol. The number of carbonyl (C=O) groups is 1. The second-order valence-corrected chi connectivity index (χ2v) is 9.70. The molecular formula is C20H22N4O4S2. The first-order chi connectivity index (χ1) is 14.4. The number of imidazole rings is 1. The summed E-state index contributed by atoms with van der Waals surface area (Å²) in [7, 11) is -1.63. The van der Waals surface area contributed by atoms with Gasteiger partial charge in [0.05, 0.1) is 34.9 Å². The van der Waals surface area contributed by atoms with Crippen molar-refractivity contribution in [1.82, 2.24) is 13.9 Å². The molecule has 1 fully saturated rings. The Labute approximate surface area is 179 Å². The number of nitrogens with zero attached hydrogens (tertiary/aromatic N) is 3. The molecule has 30 heavy (non-hydrogen) atoms. The molecule has 0 saturated carbocycles. The molecule has 158 valence electrons. The number of hydrogen-bond acceptors (Lipinski definition) is 6. The molecule has 0 aliphatic carbocycles. The molecule has 0 spiro atoms. The van der Waals surface area contributed by atoms with E-state index in [0.717, 1.165) is 16.2 Å². The third-order valence-corrected chi connectivity index (χ3v) is 7.77. The van der Waals surface area contributed by atoms with Crippen LogP contribution in [-0.4, -0.2) is 60.2 Å². The number of amides is 1. The summed E-state index contributed by atoms with van der Waals surface area (Å²) in [5.74, 6) is 0.0150. The lowest BCUT2D eigenvalue weighted by molar-refractivity contribution is -0.113. The van der Waals surface area contributed by atoms with Crippen molar-refractivity contribution in [2.75, 3.05) is 37.4 Å². The van der Waals surface area contributed by atoms with Gasteiger partial charge < -0.3 is 14.6 Å². The van der Waals surface area contributed by atoms with Gasteiger partial charge in [-0.05, 0) is 36.4 Å². The first-order valence-corrected chi connectivity index (χ1v) is 11.9. The van der Waals surface area contributed by atoms with Gasteiger partial charge in [0.25, 0.3) is 0 Å². The molecule has 2 heterocycles. The fraction of sp³-hybridized carbons (Fsp3) is 0.300. The Hall–Kier alpha value is -2.40. The molecule has 3 aromatic rings. The van der Waals surface area contributed by atoms with Gasteiger partial charge >= 0.3 is 0 Å². The van der Waals surface area contributed by atoms with E-state index < -0.39 is 10.0 Å². The van der Waals surface area contributed by atoms with Crippen LogP contribution in [0.3, 0.4) is 0 Å². The number of rotatable bonds is 6. The van der Waals surface area contributed by atoms with Crippen molar-refractivity contribution in [3.63, 3.8) is 0 Å². The fourth-order valence-corrected chi connectivity index (χ4v) is 5.42. The normalized spacial score (nSPS) is 15.4. The number of thioether (sulfide) groups is 1. The van der Waals surface area contributed by atoms with E-state index in [1.54, 1.807) is 12.1 Å². The molecule has 4 rings (SSSR count). The topological polar surface area (TPSA) is 93.5 Å². The summed E-state index contributed by atoms with van der Waals surface area (Å²) in [6, 6.07) is 14.0. The number of sulfonamides is 1. The van der Waals surface area contributed by atoms with Crippen molar-refractivity contribution in [3.8, 4) is 0 Å². The molecule has 1 aromatic heterocycles. The molecule has 0 unspecified atom stereocenters. The first kappa shape index (κ1) is 20.9. The van der Waals surface area contributed by atoms with Gasteiger partial charge in [-0.3, -0.25) is 4.79 Å². The number of morpholine rings is 1. The van der Waals surface area contributed by atoms with Gasteiger partial charge in [-0.25, -0.2) is 13.4 Å². The van der Waals surface area contributed by atoms with Crippen LogP contribution in [0.4, 0.5) is 5.69 Å². The van der Waals surface area contributed by atoms with Crippen molar-refractivity contribution < 1.29 is 17.9 Å². The summed E-state index contributed by atoms with van der Waals surface area (Å²) in [5.41, 5.74) is 2.45. The molecule has 0 radical (unpaired) electrons. The van der Waals surface area contributed by atoms with E-state index in [2.05, 4.69) is 10.3 Å². The predicted molar refractivity (Wildman–Crippen MR) is 116 cm³/mol. The average Bonchev–Trinajstić information content (AvgIpc) is 3.09. The Morgan fingerprint density at radius 3 is 2.53 bits per heavy atom. The minimum absolute atomic E-state index is 0.184. The fourth-order valence-electron chi connectivity index (χ4n) is 3.23. The number of hydrogen-bond donors (Lipinski definition) is 1. The van der Waals surface area contributed by atoms with Crippen LogP contribution >= 0.6 is 11.8 Å². The van der Waals surface area contributed by atoms with Crippen molar-refractivity contribution >= 4 is 44.4 Å². The Balaban J connectivity index is 1.37. The number of benzene rings is 2. The highest BCUT2D eigenvalue weighted by atomic mass is 32.2. The molecule has 1 N–H and O–H groups in total. The summed E-state index contributed by atoms with van der Waals surface area (Å²) in [6.45, 7) is 1.49. The van der Waals surface area contributed by atoms with Gasteiger partial charge in [0.1, 0.15) is 0 Å². The summed E-state index contributed by atoms with van der Waals surface area (Å²) in [4.78, 5) is 17.1. The molecule has 2 aromatic carbocycles. The second kappa shape index (κ2) is 8.76. The third kappa shape index (κ3) is 4.36. The van der Waals surface area contributed by atoms with Crippen LogP contribution in [0.5, 0.6) is 0 Å². The van der Waals surface area contributed by atoms with Crippen LogP contribution in [0.1, 0.15) is 0 Å². The Kier molecular flexibility index (Phi) is 6.09. The van der Waals surface area contributed by atoms with Crippen molar-refractivity contribution in [3.05, 3.63) is 48.5 Å². The van der Waals surface area contributed by atoms with E-state index in [-0.39, 0.29) is 16.6 Å². The Morgan fingerprint density at radius 1 is 1.13 bits per heavy atom. The summed E-state index contributed by atoms with van der Waals surface area (Å²) in [6.07, 6.45) is 0. The zero-order chi connectivity index (χ0) is 21.1. The minimum Gasteiger partial charge on any atom is -0.379 e. The number of aromatic nitrogens is 2. The number of ether oxygens (including phenoxy) is 1. The predicted octanol–water partition coefficient (Wildman–Crippen LogP) is 2.33. The third-order valence-electron chi connectivity index (χ3n) is 4.82. The van der Waals surface area contributed by atoms with Crippen LogP contribution in [0, 0.1) is 0 Å². The van der Waals surface area contributed by atoms with Gasteiger partial charge in [-0.1, -0.05) is 23.9 Å². The quantitative estimate of drug-likeness (QED) is 0.584. The number of fused-ring (bicyclic) bond motifs is 1. The van der Waals surface area contributed by atoms with Crippen molar-refractivity contribution in [2.24, 2.45) is 7.05 Å². The maximum atomic E-state index is 12.7. The lowest BCUT2D eigenvalue weighted by atomic mass is 10.3. The van der Waals surface area contributed by atoms with E-state index in [0.29, 0.717) is 32.0 Å². The van der Waals surface area contributed by atoms with Gasteiger partial charge in [0.15, 0.2) is 5.16 Å². The lowest BCUT2D eigenvalue weighted by Gasteiger charge is -2.26. The summed E-state index contributed by atoms with van der Waals surface area (Å²) >= 11 is 1.35.